The molecule has 0 saturated heterocycles. The number of aliphatic carboxylic acids is 1. The number of carboxylic acid groups (broad SMARTS) is 1. The van der Waals surface area contributed by atoms with Crippen molar-refractivity contribution in [2.24, 2.45) is 5.92 Å². The lowest BCUT2D eigenvalue weighted by molar-refractivity contribution is -0.141. The van der Waals surface area contributed by atoms with Crippen molar-refractivity contribution >= 4 is 17.7 Å². The number of amides is 2. The molecule has 18 heavy (non-hydrogen) atoms. The van der Waals surface area contributed by atoms with Crippen LogP contribution in [0.1, 0.15) is 18.9 Å². The average Bonchev–Trinajstić information content (AvgIpc) is 2.29. The average molecular weight is 250 g/mol. The molecule has 0 saturated carbocycles. The number of anilines is 1. The number of carbonyl (C=O) groups excluding carboxylic acids is 1. The van der Waals surface area contributed by atoms with Gasteiger partial charge in [0.1, 0.15) is 0 Å². The summed E-state index contributed by atoms with van der Waals surface area (Å²) in [6.45, 7) is 3.84. The Labute approximate surface area is 106 Å². The van der Waals surface area contributed by atoms with Crippen molar-refractivity contribution in [3.63, 3.8) is 0 Å². The van der Waals surface area contributed by atoms with Crippen LogP contribution >= 0.6 is 0 Å². The summed E-state index contributed by atoms with van der Waals surface area (Å²) in [7, 11) is 0. The maximum Gasteiger partial charge on any atom is 0.319 e. The van der Waals surface area contributed by atoms with Gasteiger partial charge in [0.05, 0.1) is 5.92 Å². The molecule has 5 nitrogen and oxygen atoms in total. The number of aryl methyl sites for hydroxylation is 1. The molecule has 0 fully saturated rings. The molecule has 0 aromatic heterocycles. The van der Waals surface area contributed by atoms with Crippen molar-refractivity contribution in [3.05, 3.63) is 29.8 Å². The van der Waals surface area contributed by atoms with Crippen LogP contribution in [0.3, 0.4) is 0 Å². The third kappa shape index (κ3) is 4.45. The third-order valence-electron chi connectivity index (χ3n) is 2.63. The standard InChI is InChI=1S/C13H18N2O3/c1-3-10(12(16)17)8-14-13(18)15-11-6-4-5-9(2)7-11/h4-7,10H,3,8H2,1-2H3,(H,16,17)(H2,14,15,18). The smallest absolute Gasteiger partial charge is 0.319 e. The van der Waals surface area contributed by atoms with E-state index in [0.717, 1.165) is 5.56 Å². The molecule has 1 aromatic carbocycles. The molecule has 0 bridgehead atoms. The van der Waals surface area contributed by atoms with Crippen LogP contribution in [-0.4, -0.2) is 23.7 Å². The van der Waals surface area contributed by atoms with Crippen LogP contribution in [0.25, 0.3) is 0 Å². The summed E-state index contributed by atoms with van der Waals surface area (Å²) in [6, 6.07) is 7.01. The van der Waals surface area contributed by atoms with Gasteiger partial charge in [0, 0.05) is 12.2 Å². The summed E-state index contributed by atoms with van der Waals surface area (Å²) in [6.07, 6.45) is 0.486. The molecule has 98 valence electrons. The van der Waals surface area contributed by atoms with E-state index in [-0.39, 0.29) is 12.6 Å². The first kappa shape index (κ1) is 14.0. The van der Waals surface area contributed by atoms with Crippen molar-refractivity contribution < 1.29 is 14.7 Å². The molecule has 2 amide bonds. The van der Waals surface area contributed by atoms with Gasteiger partial charge in [0.25, 0.3) is 0 Å². The van der Waals surface area contributed by atoms with Gasteiger partial charge in [-0.2, -0.15) is 0 Å². The summed E-state index contributed by atoms with van der Waals surface area (Å²) < 4.78 is 0. The topological polar surface area (TPSA) is 78.4 Å². The second kappa shape index (κ2) is 6.64. The highest BCUT2D eigenvalue weighted by molar-refractivity contribution is 5.89. The lowest BCUT2D eigenvalue weighted by atomic mass is 10.1. The zero-order chi connectivity index (χ0) is 13.5. The van der Waals surface area contributed by atoms with Crippen LogP contribution < -0.4 is 10.6 Å². The number of benzene rings is 1. The number of carbonyl (C=O) groups is 2. The van der Waals surface area contributed by atoms with E-state index in [1.165, 1.54) is 0 Å². The molecular weight excluding hydrogens is 232 g/mol. The summed E-state index contributed by atoms with van der Waals surface area (Å²) in [4.78, 5) is 22.3. The van der Waals surface area contributed by atoms with Crippen LogP contribution in [0.2, 0.25) is 0 Å². The predicted molar refractivity (Wildman–Crippen MR) is 69.6 cm³/mol. The molecule has 1 rings (SSSR count). The van der Waals surface area contributed by atoms with Gasteiger partial charge >= 0.3 is 12.0 Å². The van der Waals surface area contributed by atoms with Crippen molar-refractivity contribution in [2.45, 2.75) is 20.3 Å². The largest absolute Gasteiger partial charge is 0.481 e. The first-order valence-corrected chi connectivity index (χ1v) is 5.87. The minimum absolute atomic E-state index is 0.128. The van der Waals surface area contributed by atoms with Crippen LogP contribution in [0.15, 0.2) is 24.3 Å². The molecule has 0 aliphatic heterocycles. The highest BCUT2D eigenvalue weighted by atomic mass is 16.4. The maximum absolute atomic E-state index is 11.6. The minimum Gasteiger partial charge on any atom is -0.481 e. The highest BCUT2D eigenvalue weighted by Crippen LogP contribution is 2.09. The van der Waals surface area contributed by atoms with Gasteiger partial charge in [-0.1, -0.05) is 19.1 Å². The molecule has 0 radical (unpaired) electrons. The Balaban J connectivity index is 2.45. The predicted octanol–water partition coefficient (Wildman–Crippen LogP) is 2.23. The Morgan fingerprint density at radius 3 is 2.67 bits per heavy atom. The first-order chi connectivity index (χ1) is 8.52. The van der Waals surface area contributed by atoms with Gasteiger partial charge < -0.3 is 15.7 Å². The second-order valence-corrected chi connectivity index (χ2v) is 4.15. The van der Waals surface area contributed by atoms with E-state index in [0.29, 0.717) is 12.1 Å². The molecule has 1 unspecified atom stereocenters. The van der Waals surface area contributed by atoms with Gasteiger partial charge in [-0.15, -0.1) is 0 Å². The molecule has 0 aliphatic rings. The van der Waals surface area contributed by atoms with E-state index < -0.39 is 11.9 Å². The van der Waals surface area contributed by atoms with Crippen LogP contribution in [0.4, 0.5) is 10.5 Å². The van der Waals surface area contributed by atoms with Gasteiger partial charge in [0.15, 0.2) is 0 Å². The Kier molecular flexibility index (Phi) is 5.17. The second-order valence-electron chi connectivity index (χ2n) is 4.15. The molecule has 0 spiro atoms. The van der Waals surface area contributed by atoms with Crippen LogP contribution in [0, 0.1) is 12.8 Å². The van der Waals surface area contributed by atoms with Gasteiger partial charge in [0.2, 0.25) is 0 Å². The Hall–Kier alpha value is -2.04. The Morgan fingerprint density at radius 2 is 2.11 bits per heavy atom. The lowest BCUT2D eigenvalue weighted by Crippen LogP contribution is -2.35. The van der Waals surface area contributed by atoms with Crippen molar-refractivity contribution in [1.82, 2.24) is 5.32 Å². The quantitative estimate of drug-likeness (QED) is 0.749. The van der Waals surface area contributed by atoms with Crippen molar-refractivity contribution in [3.8, 4) is 0 Å². The maximum atomic E-state index is 11.6. The molecule has 1 atom stereocenters. The molecule has 3 N–H and O–H groups in total. The summed E-state index contributed by atoms with van der Waals surface area (Å²) in [5, 5.41) is 14.1. The summed E-state index contributed by atoms with van der Waals surface area (Å²) in [5.41, 5.74) is 1.74. The number of carboxylic acids is 1. The highest BCUT2D eigenvalue weighted by Gasteiger charge is 2.15. The first-order valence-electron chi connectivity index (χ1n) is 5.87. The SMILES string of the molecule is CCC(CNC(=O)Nc1cccc(C)c1)C(=O)O. The van der Waals surface area contributed by atoms with E-state index in [9.17, 15) is 9.59 Å². The van der Waals surface area contributed by atoms with Gasteiger partial charge in [-0.3, -0.25) is 4.79 Å². The normalized spacial score (nSPS) is 11.7. The molecule has 0 aliphatic carbocycles. The van der Waals surface area contributed by atoms with Crippen LogP contribution in [0.5, 0.6) is 0 Å². The third-order valence-corrected chi connectivity index (χ3v) is 2.63. The fourth-order valence-corrected chi connectivity index (χ4v) is 1.52. The Morgan fingerprint density at radius 1 is 1.39 bits per heavy atom. The Bertz CT molecular complexity index is 432. The van der Waals surface area contributed by atoms with E-state index in [2.05, 4.69) is 10.6 Å². The summed E-state index contributed by atoms with van der Waals surface area (Å²) >= 11 is 0. The number of hydrogen-bond acceptors (Lipinski definition) is 2. The fraction of sp³-hybridized carbons (Fsp3) is 0.385. The zero-order valence-electron chi connectivity index (χ0n) is 10.6. The van der Waals surface area contributed by atoms with Crippen molar-refractivity contribution in [2.75, 3.05) is 11.9 Å². The number of urea groups is 1. The van der Waals surface area contributed by atoms with Crippen LogP contribution in [-0.2, 0) is 4.79 Å². The van der Waals surface area contributed by atoms with E-state index >= 15 is 0 Å². The monoisotopic (exact) mass is 250 g/mol. The molecular formula is C13H18N2O3. The van der Waals surface area contributed by atoms with Gasteiger partial charge in [-0.05, 0) is 31.0 Å². The number of nitrogens with one attached hydrogen (secondary N) is 2. The minimum atomic E-state index is -0.895. The zero-order valence-corrected chi connectivity index (χ0v) is 10.6. The number of rotatable bonds is 5. The number of hydrogen-bond donors (Lipinski definition) is 3. The van der Waals surface area contributed by atoms with E-state index in [1.54, 1.807) is 13.0 Å². The van der Waals surface area contributed by atoms with E-state index in [4.69, 9.17) is 5.11 Å². The fourth-order valence-electron chi connectivity index (χ4n) is 1.52. The molecule has 5 heteroatoms. The van der Waals surface area contributed by atoms with Gasteiger partial charge in [-0.25, -0.2) is 4.79 Å². The van der Waals surface area contributed by atoms with Crippen molar-refractivity contribution in [1.29, 1.82) is 0 Å². The lowest BCUT2D eigenvalue weighted by Gasteiger charge is -2.12. The van der Waals surface area contributed by atoms with E-state index in [1.807, 2.05) is 25.1 Å². The molecule has 1 aromatic rings. The summed E-state index contributed by atoms with van der Waals surface area (Å²) in [5.74, 6) is -1.44. The molecule has 0 heterocycles.